The molecular formula is C21H25N3O3. The lowest BCUT2D eigenvalue weighted by Gasteiger charge is -2.41. The van der Waals surface area contributed by atoms with Crippen LogP contribution in [0.3, 0.4) is 0 Å². The molecule has 142 valence electrons. The van der Waals surface area contributed by atoms with Crippen LogP contribution >= 0.6 is 0 Å². The molecule has 1 atom stereocenters. The first kappa shape index (κ1) is 18.8. The average molecular weight is 367 g/mol. The lowest BCUT2D eigenvalue weighted by molar-refractivity contribution is 0.0602. The van der Waals surface area contributed by atoms with E-state index in [2.05, 4.69) is 48.3 Å². The van der Waals surface area contributed by atoms with Crippen LogP contribution in [0.15, 0.2) is 48.5 Å². The number of anilines is 2. The summed E-state index contributed by atoms with van der Waals surface area (Å²) in [6.07, 6.45) is 0. The number of para-hydroxylation sites is 1. The number of amides is 2. The predicted molar refractivity (Wildman–Crippen MR) is 106 cm³/mol. The topological polar surface area (TPSA) is 61.9 Å². The van der Waals surface area contributed by atoms with E-state index in [0.717, 1.165) is 6.54 Å². The van der Waals surface area contributed by atoms with Crippen molar-refractivity contribution in [2.75, 3.05) is 37.0 Å². The van der Waals surface area contributed by atoms with Gasteiger partial charge in [-0.3, -0.25) is 0 Å². The summed E-state index contributed by atoms with van der Waals surface area (Å²) in [6, 6.07) is 15.3. The fraction of sp³-hybridized carbons (Fsp3) is 0.333. The first-order valence-corrected chi connectivity index (χ1v) is 9.06. The van der Waals surface area contributed by atoms with E-state index >= 15 is 0 Å². The summed E-state index contributed by atoms with van der Waals surface area (Å²) in [7, 11) is 1.33. The number of hydrogen-bond donors (Lipinski definition) is 1. The van der Waals surface area contributed by atoms with Crippen LogP contribution in [0.4, 0.5) is 16.2 Å². The minimum atomic E-state index is -0.469. The Balaban J connectivity index is 1.66. The number of nitrogens with zero attached hydrogens (tertiary/aromatic N) is 2. The SMILES string of the molecule is COC(=O)c1ccccc1NC(=O)N1CCN(c2ccc(C)cc2)[C@H](C)C1. The van der Waals surface area contributed by atoms with Crippen LogP contribution in [-0.4, -0.2) is 49.7 Å². The van der Waals surface area contributed by atoms with E-state index in [1.807, 2.05) is 0 Å². The number of carbonyl (C=O) groups is 2. The van der Waals surface area contributed by atoms with Crippen LogP contribution < -0.4 is 10.2 Å². The third-order valence-electron chi connectivity index (χ3n) is 4.85. The van der Waals surface area contributed by atoms with Crippen molar-refractivity contribution in [3.05, 3.63) is 59.7 Å². The molecule has 1 N–H and O–H groups in total. The molecule has 1 aliphatic heterocycles. The molecule has 1 saturated heterocycles. The zero-order chi connectivity index (χ0) is 19.4. The van der Waals surface area contributed by atoms with Gasteiger partial charge in [-0.2, -0.15) is 0 Å². The molecule has 0 spiro atoms. The van der Waals surface area contributed by atoms with E-state index in [-0.39, 0.29) is 12.1 Å². The standard InChI is InChI=1S/C21H25N3O3/c1-15-8-10-17(11-9-15)24-13-12-23(14-16(24)2)21(26)22-19-7-5-4-6-18(19)20(25)27-3/h4-11,16H,12-14H2,1-3H3,(H,22,26)/t16-/m1/s1. The second-order valence-corrected chi connectivity index (χ2v) is 6.79. The predicted octanol–water partition coefficient (Wildman–Crippen LogP) is 3.52. The number of ether oxygens (including phenoxy) is 1. The lowest BCUT2D eigenvalue weighted by atomic mass is 10.1. The van der Waals surface area contributed by atoms with E-state index in [1.54, 1.807) is 29.2 Å². The zero-order valence-corrected chi connectivity index (χ0v) is 15.9. The Morgan fingerprint density at radius 2 is 1.78 bits per heavy atom. The normalized spacial score (nSPS) is 16.8. The maximum absolute atomic E-state index is 12.7. The second kappa shape index (κ2) is 8.12. The molecule has 0 saturated carbocycles. The van der Waals surface area contributed by atoms with Crippen molar-refractivity contribution in [1.29, 1.82) is 0 Å². The van der Waals surface area contributed by atoms with Crippen LogP contribution in [0.25, 0.3) is 0 Å². The summed E-state index contributed by atoms with van der Waals surface area (Å²) >= 11 is 0. The van der Waals surface area contributed by atoms with Crippen LogP contribution in [-0.2, 0) is 4.74 Å². The fourth-order valence-electron chi connectivity index (χ4n) is 3.34. The lowest BCUT2D eigenvalue weighted by Crippen LogP contribution is -2.54. The van der Waals surface area contributed by atoms with E-state index in [1.165, 1.54) is 18.4 Å². The molecule has 3 rings (SSSR count). The highest BCUT2D eigenvalue weighted by Gasteiger charge is 2.27. The highest BCUT2D eigenvalue weighted by Crippen LogP contribution is 2.22. The van der Waals surface area contributed by atoms with Crippen molar-refractivity contribution in [3.63, 3.8) is 0 Å². The first-order valence-electron chi connectivity index (χ1n) is 9.06. The number of benzene rings is 2. The van der Waals surface area contributed by atoms with Gasteiger partial charge in [0.15, 0.2) is 0 Å². The van der Waals surface area contributed by atoms with Gasteiger partial charge in [0.25, 0.3) is 0 Å². The number of nitrogens with one attached hydrogen (secondary N) is 1. The van der Waals surface area contributed by atoms with Crippen LogP contribution in [0.1, 0.15) is 22.8 Å². The van der Waals surface area contributed by atoms with Crippen LogP contribution in [0.5, 0.6) is 0 Å². The highest BCUT2D eigenvalue weighted by atomic mass is 16.5. The number of rotatable bonds is 3. The van der Waals surface area contributed by atoms with Gasteiger partial charge in [0.2, 0.25) is 0 Å². The maximum atomic E-state index is 12.7. The molecule has 0 bridgehead atoms. The van der Waals surface area contributed by atoms with Gasteiger partial charge in [-0.05, 0) is 38.1 Å². The molecule has 2 amide bonds. The molecule has 2 aromatic carbocycles. The summed E-state index contributed by atoms with van der Waals surface area (Å²) in [4.78, 5) is 28.7. The number of carbonyl (C=O) groups excluding carboxylic acids is 2. The molecule has 1 heterocycles. The summed E-state index contributed by atoms with van der Waals surface area (Å²) in [5.41, 5.74) is 3.21. The number of hydrogen-bond acceptors (Lipinski definition) is 4. The first-order chi connectivity index (χ1) is 13.0. The molecule has 0 radical (unpaired) electrons. The average Bonchev–Trinajstić information content (AvgIpc) is 2.68. The second-order valence-electron chi connectivity index (χ2n) is 6.79. The Hall–Kier alpha value is -3.02. The van der Waals surface area contributed by atoms with Gasteiger partial charge < -0.3 is 19.9 Å². The smallest absolute Gasteiger partial charge is 0.339 e. The minimum absolute atomic E-state index is 0.197. The largest absolute Gasteiger partial charge is 0.465 e. The quantitative estimate of drug-likeness (QED) is 0.843. The molecule has 0 aliphatic carbocycles. The molecule has 1 aliphatic rings. The number of aryl methyl sites for hydroxylation is 1. The molecule has 6 heteroatoms. The summed E-state index contributed by atoms with van der Waals surface area (Å²) in [6.45, 7) is 6.17. The molecule has 0 unspecified atom stereocenters. The number of methoxy groups -OCH3 is 1. The zero-order valence-electron chi connectivity index (χ0n) is 15.9. The van der Waals surface area contributed by atoms with Gasteiger partial charge in [0, 0.05) is 31.4 Å². The van der Waals surface area contributed by atoms with Gasteiger partial charge in [-0.15, -0.1) is 0 Å². The number of urea groups is 1. The van der Waals surface area contributed by atoms with Gasteiger partial charge >= 0.3 is 12.0 Å². The highest BCUT2D eigenvalue weighted by molar-refractivity contribution is 6.00. The van der Waals surface area contributed by atoms with Crippen LogP contribution in [0.2, 0.25) is 0 Å². The van der Waals surface area contributed by atoms with Gasteiger partial charge in [0.1, 0.15) is 0 Å². The summed E-state index contributed by atoms with van der Waals surface area (Å²) in [5, 5.41) is 2.85. The van der Waals surface area contributed by atoms with E-state index in [4.69, 9.17) is 4.74 Å². The van der Waals surface area contributed by atoms with Gasteiger partial charge in [0.05, 0.1) is 18.4 Å². The molecule has 27 heavy (non-hydrogen) atoms. The molecule has 2 aromatic rings. The Morgan fingerprint density at radius 3 is 2.44 bits per heavy atom. The van der Waals surface area contributed by atoms with E-state index in [0.29, 0.717) is 24.3 Å². The van der Waals surface area contributed by atoms with Crippen molar-refractivity contribution < 1.29 is 14.3 Å². The Kier molecular flexibility index (Phi) is 5.64. The molecule has 6 nitrogen and oxygen atoms in total. The fourth-order valence-corrected chi connectivity index (χ4v) is 3.34. The summed E-state index contributed by atoms with van der Waals surface area (Å²) < 4.78 is 4.78. The molecule has 0 aromatic heterocycles. The van der Waals surface area contributed by atoms with Crippen LogP contribution in [0, 0.1) is 6.92 Å². The summed E-state index contributed by atoms with van der Waals surface area (Å²) in [5.74, 6) is -0.469. The van der Waals surface area contributed by atoms with Crippen molar-refractivity contribution in [2.24, 2.45) is 0 Å². The maximum Gasteiger partial charge on any atom is 0.339 e. The minimum Gasteiger partial charge on any atom is -0.465 e. The molecular weight excluding hydrogens is 342 g/mol. The van der Waals surface area contributed by atoms with Crippen molar-refractivity contribution in [2.45, 2.75) is 19.9 Å². The number of piperazine rings is 1. The van der Waals surface area contributed by atoms with Gasteiger partial charge in [-0.1, -0.05) is 29.8 Å². The monoisotopic (exact) mass is 367 g/mol. The third kappa shape index (κ3) is 4.22. The third-order valence-corrected chi connectivity index (χ3v) is 4.85. The molecule has 1 fully saturated rings. The van der Waals surface area contributed by atoms with Crippen molar-refractivity contribution >= 4 is 23.4 Å². The Bertz CT molecular complexity index is 820. The van der Waals surface area contributed by atoms with Crippen molar-refractivity contribution in [3.8, 4) is 0 Å². The van der Waals surface area contributed by atoms with Gasteiger partial charge in [-0.25, -0.2) is 9.59 Å². The van der Waals surface area contributed by atoms with Crippen molar-refractivity contribution in [1.82, 2.24) is 4.90 Å². The Morgan fingerprint density at radius 1 is 1.07 bits per heavy atom. The Labute approximate surface area is 159 Å². The van der Waals surface area contributed by atoms with E-state index in [9.17, 15) is 9.59 Å². The number of esters is 1. The van der Waals surface area contributed by atoms with E-state index < -0.39 is 5.97 Å².